The molecule has 0 aliphatic rings. The summed E-state index contributed by atoms with van der Waals surface area (Å²) >= 11 is 3.38. The van der Waals surface area contributed by atoms with Crippen molar-refractivity contribution in [1.29, 1.82) is 0 Å². The second-order valence-electron chi connectivity index (χ2n) is 3.77. The third-order valence-corrected chi connectivity index (χ3v) is 2.18. The minimum Gasteiger partial charge on any atom is -0.336 e. The van der Waals surface area contributed by atoms with E-state index in [-0.39, 0.29) is 12.1 Å². The van der Waals surface area contributed by atoms with E-state index in [1.165, 1.54) is 0 Å². The number of halogens is 1. The van der Waals surface area contributed by atoms with Crippen LogP contribution in [-0.4, -0.2) is 12.1 Å². The molecule has 0 aromatic heterocycles. The van der Waals surface area contributed by atoms with Crippen LogP contribution >= 0.6 is 15.9 Å². The van der Waals surface area contributed by atoms with Gasteiger partial charge in [0, 0.05) is 16.2 Å². The molecule has 0 saturated carbocycles. The number of nitrogens with one attached hydrogen (secondary N) is 2. The average Bonchev–Trinajstić information content (AvgIpc) is 1.98. The maximum Gasteiger partial charge on any atom is 0.319 e. The van der Waals surface area contributed by atoms with Crippen LogP contribution in [0, 0.1) is 6.92 Å². The minimum absolute atomic E-state index is 0.137. The lowest BCUT2D eigenvalue weighted by molar-refractivity contribution is 0.250. The van der Waals surface area contributed by atoms with Crippen LogP contribution in [0.1, 0.15) is 19.4 Å². The maximum atomic E-state index is 11.4. The summed E-state index contributed by atoms with van der Waals surface area (Å²) in [7, 11) is 0. The van der Waals surface area contributed by atoms with Gasteiger partial charge in [-0.25, -0.2) is 4.79 Å². The molecule has 0 spiro atoms. The van der Waals surface area contributed by atoms with E-state index >= 15 is 0 Å². The van der Waals surface area contributed by atoms with Crippen molar-refractivity contribution in [3.8, 4) is 0 Å². The normalized spacial score (nSPS) is 10.2. The standard InChI is InChI=1S/C11H15BrN2O/c1-7(2)13-11(15)14-10-5-8(3)4-9(12)6-10/h4-7H,1-3H3,(H2,13,14,15). The van der Waals surface area contributed by atoms with E-state index in [2.05, 4.69) is 26.6 Å². The highest BCUT2D eigenvalue weighted by molar-refractivity contribution is 9.10. The summed E-state index contributed by atoms with van der Waals surface area (Å²) in [4.78, 5) is 11.4. The first-order chi connectivity index (χ1) is 6.97. The number of carbonyl (C=O) groups excluding carboxylic acids is 1. The lowest BCUT2D eigenvalue weighted by Gasteiger charge is -2.10. The quantitative estimate of drug-likeness (QED) is 0.851. The van der Waals surface area contributed by atoms with E-state index in [1.807, 2.05) is 39.0 Å². The van der Waals surface area contributed by atoms with Crippen LogP contribution in [-0.2, 0) is 0 Å². The molecule has 0 atom stereocenters. The fourth-order valence-electron chi connectivity index (χ4n) is 1.24. The number of rotatable bonds is 2. The molecule has 0 fully saturated rings. The molecule has 2 N–H and O–H groups in total. The molecule has 0 aliphatic heterocycles. The molecule has 0 radical (unpaired) electrons. The van der Waals surface area contributed by atoms with E-state index in [1.54, 1.807) is 0 Å². The van der Waals surface area contributed by atoms with Gasteiger partial charge in [-0.2, -0.15) is 0 Å². The van der Waals surface area contributed by atoms with Gasteiger partial charge in [0.2, 0.25) is 0 Å². The summed E-state index contributed by atoms with van der Waals surface area (Å²) in [6, 6.07) is 5.74. The van der Waals surface area contributed by atoms with Crippen molar-refractivity contribution in [2.45, 2.75) is 26.8 Å². The summed E-state index contributed by atoms with van der Waals surface area (Å²) in [5.74, 6) is 0. The van der Waals surface area contributed by atoms with Crippen molar-refractivity contribution in [3.05, 3.63) is 28.2 Å². The van der Waals surface area contributed by atoms with Gasteiger partial charge < -0.3 is 10.6 Å². The molecule has 0 saturated heterocycles. The zero-order chi connectivity index (χ0) is 11.4. The van der Waals surface area contributed by atoms with Gasteiger partial charge in [0.25, 0.3) is 0 Å². The van der Waals surface area contributed by atoms with Crippen molar-refractivity contribution >= 4 is 27.6 Å². The van der Waals surface area contributed by atoms with E-state index in [0.717, 1.165) is 15.7 Å². The first-order valence-electron chi connectivity index (χ1n) is 4.82. The fourth-order valence-corrected chi connectivity index (χ4v) is 1.85. The van der Waals surface area contributed by atoms with Gasteiger partial charge in [-0.05, 0) is 44.5 Å². The van der Waals surface area contributed by atoms with Gasteiger partial charge in [-0.15, -0.1) is 0 Å². The SMILES string of the molecule is Cc1cc(Br)cc(NC(=O)NC(C)C)c1. The van der Waals surface area contributed by atoms with Crippen LogP contribution < -0.4 is 10.6 Å². The average molecular weight is 271 g/mol. The Morgan fingerprint density at radius 2 is 2.00 bits per heavy atom. The number of carbonyl (C=O) groups is 1. The van der Waals surface area contributed by atoms with Crippen LogP contribution in [0.3, 0.4) is 0 Å². The van der Waals surface area contributed by atoms with Gasteiger partial charge >= 0.3 is 6.03 Å². The maximum absolute atomic E-state index is 11.4. The zero-order valence-electron chi connectivity index (χ0n) is 9.10. The molecule has 1 aromatic carbocycles. The Labute approximate surface area is 98.4 Å². The summed E-state index contributed by atoms with van der Waals surface area (Å²) in [6.45, 7) is 5.83. The van der Waals surface area contributed by atoms with Crippen molar-refractivity contribution in [2.75, 3.05) is 5.32 Å². The first-order valence-corrected chi connectivity index (χ1v) is 5.61. The molecule has 4 heteroatoms. The van der Waals surface area contributed by atoms with E-state index in [9.17, 15) is 4.79 Å². The van der Waals surface area contributed by atoms with Crippen molar-refractivity contribution in [1.82, 2.24) is 5.32 Å². The first kappa shape index (κ1) is 12.0. The summed E-state index contributed by atoms with van der Waals surface area (Å²) in [5, 5.41) is 5.54. The molecule has 1 aromatic rings. The molecule has 0 aliphatic carbocycles. The van der Waals surface area contributed by atoms with Gasteiger partial charge in [-0.1, -0.05) is 15.9 Å². The fraction of sp³-hybridized carbons (Fsp3) is 0.364. The van der Waals surface area contributed by atoms with Crippen molar-refractivity contribution < 1.29 is 4.79 Å². The Morgan fingerprint density at radius 1 is 1.33 bits per heavy atom. The summed E-state index contributed by atoms with van der Waals surface area (Å²) < 4.78 is 0.961. The molecule has 2 amide bonds. The molecule has 0 unspecified atom stereocenters. The number of hydrogen-bond acceptors (Lipinski definition) is 1. The van der Waals surface area contributed by atoms with Crippen LogP contribution in [0.25, 0.3) is 0 Å². The minimum atomic E-state index is -0.178. The highest BCUT2D eigenvalue weighted by Crippen LogP contribution is 2.18. The molecular weight excluding hydrogens is 256 g/mol. The van der Waals surface area contributed by atoms with Crippen molar-refractivity contribution in [2.24, 2.45) is 0 Å². The molecule has 0 bridgehead atoms. The van der Waals surface area contributed by atoms with Crippen LogP contribution in [0.2, 0.25) is 0 Å². The van der Waals surface area contributed by atoms with Crippen LogP contribution in [0.5, 0.6) is 0 Å². The number of benzene rings is 1. The number of anilines is 1. The largest absolute Gasteiger partial charge is 0.336 e. The highest BCUT2D eigenvalue weighted by atomic mass is 79.9. The summed E-state index contributed by atoms with van der Waals surface area (Å²) in [6.07, 6.45) is 0. The Kier molecular flexibility index (Phi) is 4.15. The monoisotopic (exact) mass is 270 g/mol. The second kappa shape index (κ2) is 5.16. The number of aryl methyl sites for hydroxylation is 1. The third-order valence-electron chi connectivity index (χ3n) is 1.72. The highest BCUT2D eigenvalue weighted by Gasteiger charge is 2.03. The second-order valence-corrected chi connectivity index (χ2v) is 4.69. The molecule has 3 nitrogen and oxygen atoms in total. The zero-order valence-corrected chi connectivity index (χ0v) is 10.7. The van der Waals surface area contributed by atoms with Gasteiger partial charge in [0.15, 0.2) is 0 Å². The molecule has 0 heterocycles. The Morgan fingerprint density at radius 3 is 2.53 bits per heavy atom. The van der Waals surface area contributed by atoms with E-state index < -0.39 is 0 Å². The van der Waals surface area contributed by atoms with Crippen LogP contribution in [0.4, 0.5) is 10.5 Å². The van der Waals surface area contributed by atoms with Crippen molar-refractivity contribution in [3.63, 3.8) is 0 Å². The smallest absolute Gasteiger partial charge is 0.319 e. The van der Waals surface area contributed by atoms with E-state index in [0.29, 0.717) is 0 Å². The van der Waals surface area contributed by atoms with E-state index in [4.69, 9.17) is 0 Å². The number of urea groups is 1. The molecule has 82 valence electrons. The predicted molar refractivity (Wildman–Crippen MR) is 66.2 cm³/mol. The molecular formula is C11H15BrN2O. The number of hydrogen-bond donors (Lipinski definition) is 2. The predicted octanol–water partition coefficient (Wildman–Crippen LogP) is 3.29. The Hall–Kier alpha value is -1.03. The van der Waals surface area contributed by atoms with Gasteiger partial charge in [-0.3, -0.25) is 0 Å². The Bertz CT molecular complexity index is 343. The lowest BCUT2D eigenvalue weighted by Crippen LogP contribution is -2.34. The lowest BCUT2D eigenvalue weighted by atomic mass is 10.2. The van der Waals surface area contributed by atoms with Gasteiger partial charge in [0.05, 0.1) is 0 Å². The Balaban J connectivity index is 2.68. The molecule has 15 heavy (non-hydrogen) atoms. The van der Waals surface area contributed by atoms with Crippen LogP contribution in [0.15, 0.2) is 22.7 Å². The number of amides is 2. The van der Waals surface area contributed by atoms with Gasteiger partial charge in [0.1, 0.15) is 0 Å². The topological polar surface area (TPSA) is 41.1 Å². The molecule has 1 rings (SSSR count). The third kappa shape index (κ3) is 4.34. The summed E-state index contributed by atoms with van der Waals surface area (Å²) in [5.41, 5.74) is 1.89.